The highest BCUT2D eigenvalue weighted by Gasteiger charge is 2.19. The highest BCUT2D eigenvalue weighted by molar-refractivity contribution is 6.30. The monoisotopic (exact) mass is 344 g/mol. The minimum atomic E-state index is -0.00199. The lowest BCUT2D eigenvalue weighted by Gasteiger charge is -2.26. The molecule has 1 aliphatic rings. The minimum Gasteiger partial charge on any atom is -0.370 e. The summed E-state index contributed by atoms with van der Waals surface area (Å²) in [6.45, 7) is 2.38. The Labute approximate surface area is 147 Å². The fourth-order valence-corrected chi connectivity index (χ4v) is 2.94. The van der Waals surface area contributed by atoms with Crippen LogP contribution in [0.5, 0.6) is 0 Å². The Bertz CT molecular complexity index is 684. The van der Waals surface area contributed by atoms with Gasteiger partial charge in [0.05, 0.1) is 0 Å². The van der Waals surface area contributed by atoms with Crippen molar-refractivity contribution in [1.29, 1.82) is 0 Å². The zero-order valence-electron chi connectivity index (χ0n) is 13.5. The van der Waals surface area contributed by atoms with Crippen molar-refractivity contribution in [3.05, 3.63) is 52.9 Å². The molecule has 1 aromatic heterocycles. The van der Waals surface area contributed by atoms with Crippen molar-refractivity contribution in [1.82, 2.24) is 14.9 Å². The normalized spacial score (nSPS) is 14.5. The average molecular weight is 345 g/mol. The third-order valence-electron chi connectivity index (χ3n) is 4.16. The Morgan fingerprint density at radius 1 is 1.12 bits per heavy atom. The van der Waals surface area contributed by atoms with Crippen LogP contribution in [-0.2, 0) is 6.42 Å². The fraction of sp³-hybridized carbons (Fsp3) is 0.389. The maximum absolute atomic E-state index is 12.5. The Kier molecular flexibility index (Phi) is 5.64. The van der Waals surface area contributed by atoms with Crippen LogP contribution in [0.4, 0.5) is 5.82 Å². The van der Waals surface area contributed by atoms with Crippen LogP contribution in [0.15, 0.2) is 36.7 Å². The molecule has 24 heavy (non-hydrogen) atoms. The number of halogens is 1. The van der Waals surface area contributed by atoms with Crippen LogP contribution in [0.2, 0.25) is 5.02 Å². The number of likely N-dealkylation sites (tertiary alicyclic amines) is 1. The lowest BCUT2D eigenvalue weighted by molar-refractivity contribution is 0.0718. The molecule has 0 unspecified atom stereocenters. The Morgan fingerprint density at radius 2 is 1.88 bits per heavy atom. The molecule has 0 spiro atoms. The highest BCUT2D eigenvalue weighted by atomic mass is 35.5. The van der Waals surface area contributed by atoms with Gasteiger partial charge in [0.2, 0.25) is 0 Å². The summed E-state index contributed by atoms with van der Waals surface area (Å²) < 4.78 is 0. The van der Waals surface area contributed by atoms with Gasteiger partial charge in [0.25, 0.3) is 5.91 Å². The molecule has 2 heterocycles. The second kappa shape index (κ2) is 8.11. The number of nitrogens with one attached hydrogen (secondary N) is 1. The molecule has 0 bridgehead atoms. The van der Waals surface area contributed by atoms with Crippen molar-refractivity contribution in [2.24, 2.45) is 0 Å². The number of hydrogen-bond donors (Lipinski definition) is 1. The van der Waals surface area contributed by atoms with E-state index in [-0.39, 0.29) is 5.91 Å². The second-order valence-corrected chi connectivity index (χ2v) is 6.38. The van der Waals surface area contributed by atoms with Gasteiger partial charge in [0.1, 0.15) is 17.8 Å². The number of hydrogen-bond acceptors (Lipinski definition) is 4. The zero-order chi connectivity index (χ0) is 16.8. The largest absolute Gasteiger partial charge is 0.370 e. The summed E-state index contributed by atoms with van der Waals surface area (Å²) in [5.41, 5.74) is 1.66. The average Bonchev–Trinajstić information content (AvgIpc) is 2.64. The molecule has 6 heteroatoms. The zero-order valence-corrected chi connectivity index (χ0v) is 14.3. The molecule has 0 aliphatic carbocycles. The predicted octanol–water partition coefficient (Wildman–Crippen LogP) is 3.41. The van der Waals surface area contributed by atoms with Gasteiger partial charge in [0, 0.05) is 30.7 Å². The van der Waals surface area contributed by atoms with E-state index in [0.717, 1.165) is 43.9 Å². The van der Waals surface area contributed by atoms with E-state index >= 15 is 0 Å². The summed E-state index contributed by atoms with van der Waals surface area (Å²) in [6.07, 6.45) is 5.65. The summed E-state index contributed by atoms with van der Waals surface area (Å²) in [4.78, 5) is 22.7. The van der Waals surface area contributed by atoms with Gasteiger partial charge >= 0.3 is 0 Å². The molecule has 1 saturated heterocycles. The van der Waals surface area contributed by atoms with E-state index in [1.54, 1.807) is 6.07 Å². The van der Waals surface area contributed by atoms with Gasteiger partial charge in [-0.3, -0.25) is 4.79 Å². The van der Waals surface area contributed by atoms with Crippen LogP contribution in [0.1, 0.15) is 35.3 Å². The van der Waals surface area contributed by atoms with Gasteiger partial charge < -0.3 is 10.2 Å². The highest BCUT2D eigenvalue weighted by Crippen LogP contribution is 2.14. The predicted molar refractivity (Wildman–Crippen MR) is 95.4 cm³/mol. The molecule has 126 valence electrons. The first-order valence-electron chi connectivity index (χ1n) is 8.32. The van der Waals surface area contributed by atoms with Crippen molar-refractivity contribution < 1.29 is 4.79 Å². The Hall–Kier alpha value is -2.14. The van der Waals surface area contributed by atoms with Gasteiger partial charge in [-0.2, -0.15) is 0 Å². The molecule has 5 nitrogen and oxygen atoms in total. The van der Waals surface area contributed by atoms with Crippen LogP contribution in [0.25, 0.3) is 0 Å². The van der Waals surface area contributed by atoms with Crippen LogP contribution in [0.3, 0.4) is 0 Å². The van der Waals surface area contributed by atoms with Crippen LogP contribution in [-0.4, -0.2) is 40.4 Å². The van der Waals surface area contributed by atoms with E-state index in [0.29, 0.717) is 11.5 Å². The van der Waals surface area contributed by atoms with Crippen LogP contribution in [0, 0.1) is 0 Å². The minimum absolute atomic E-state index is 0.00199. The van der Waals surface area contributed by atoms with E-state index in [1.165, 1.54) is 18.3 Å². The third-order valence-corrected chi connectivity index (χ3v) is 4.41. The molecule has 1 N–H and O–H groups in total. The van der Waals surface area contributed by atoms with Gasteiger partial charge in [-0.15, -0.1) is 0 Å². The first-order chi connectivity index (χ1) is 11.7. The van der Waals surface area contributed by atoms with Crippen molar-refractivity contribution in [3.8, 4) is 0 Å². The van der Waals surface area contributed by atoms with E-state index < -0.39 is 0 Å². The molecule has 1 amide bonds. The number of nitrogens with zero attached hydrogens (tertiary/aromatic N) is 3. The van der Waals surface area contributed by atoms with Crippen LogP contribution < -0.4 is 5.32 Å². The van der Waals surface area contributed by atoms with Crippen molar-refractivity contribution in [2.45, 2.75) is 25.7 Å². The van der Waals surface area contributed by atoms with Gasteiger partial charge in [-0.05, 0) is 43.4 Å². The lowest BCUT2D eigenvalue weighted by atomic mass is 10.1. The quantitative estimate of drug-likeness (QED) is 0.903. The first-order valence-corrected chi connectivity index (χ1v) is 8.70. The fourth-order valence-electron chi connectivity index (χ4n) is 2.82. The van der Waals surface area contributed by atoms with Crippen molar-refractivity contribution >= 4 is 23.3 Å². The summed E-state index contributed by atoms with van der Waals surface area (Å²) in [5.74, 6) is 0.678. The molecule has 0 radical (unpaired) electrons. The Morgan fingerprint density at radius 3 is 2.62 bits per heavy atom. The molecule has 2 aromatic rings. The maximum Gasteiger partial charge on any atom is 0.272 e. The molecule has 3 rings (SSSR count). The summed E-state index contributed by atoms with van der Waals surface area (Å²) in [5, 5.41) is 3.99. The van der Waals surface area contributed by atoms with Crippen LogP contribution >= 0.6 is 11.6 Å². The molecule has 0 atom stereocenters. The summed E-state index contributed by atoms with van der Waals surface area (Å²) >= 11 is 5.88. The number of carbonyl (C=O) groups excluding carboxylic acids is 1. The first kappa shape index (κ1) is 16.7. The van der Waals surface area contributed by atoms with Crippen molar-refractivity contribution in [2.75, 3.05) is 25.0 Å². The number of piperidine rings is 1. The SMILES string of the molecule is O=C(c1cc(NCCc2ccc(Cl)cc2)ncn1)N1CCCCC1. The molecule has 0 saturated carbocycles. The lowest BCUT2D eigenvalue weighted by Crippen LogP contribution is -2.36. The van der Waals surface area contributed by atoms with E-state index in [2.05, 4.69) is 15.3 Å². The molecule has 1 aliphatic heterocycles. The third kappa shape index (κ3) is 4.45. The number of amides is 1. The summed E-state index contributed by atoms with van der Waals surface area (Å²) in [6, 6.07) is 9.53. The van der Waals surface area contributed by atoms with Crippen molar-refractivity contribution in [3.63, 3.8) is 0 Å². The number of carbonyl (C=O) groups is 1. The Balaban J connectivity index is 1.56. The molecular formula is C18H21ClN4O. The van der Waals surface area contributed by atoms with E-state index in [4.69, 9.17) is 11.6 Å². The van der Waals surface area contributed by atoms with Gasteiger partial charge in [-0.1, -0.05) is 23.7 Å². The second-order valence-electron chi connectivity index (χ2n) is 5.94. The van der Waals surface area contributed by atoms with Gasteiger partial charge in [-0.25, -0.2) is 9.97 Å². The topological polar surface area (TPSA) is 58.1 Å². The molecule has 1 fully saturated rings. The number of rotatable bonds is 5. The standard InChI is InChI=1S/C18H21ClN4O/c19-15-6-4-14(5-7-15)8-9-20-17-12-16(21-13-22-17)18(24)23-10-2-1-3-11-23/h4-7,12-13H,1-3,8-11H2,(H,20,21,22). The maximum atomic E-state index is 12.5. The molecular weight excluding hydrogens is 324 g/mol. The van der Waals surface area contributed by atoms with E-state index in [1.807, 2.05) is 29.2 Å². The summed E-state index contributed by atoms with van der Waals surface area (Å²) in [7, 11) is 0. The number of benzene rings is 1. The van der Waals surface area contributed by atoms with Gasteiger partial charge in [0.15, 0.2) is 0 Å². The smallest absolute Gasteiger partial charge is 0.272 e. The molecule has 1 aromatic carbocycles. The number of anilines is 1. The van der Waals surface area contributed by atoms with E-state index in [9.17, 15) is 4.79 Å². The number of aromatic nitrogens is 2.